The smallest absolute Gasteiger partial charge is 0.242 e. The van der Waals surface area contributed by atoms with Gasteiger partial charge in [-0.1, -0.05) is 19.8 Å². The molecule has 0 aromatic heterocycles. The minimum atomic E-state index is -0.288. The summed E-state index contributed by atoms with van der Waals surface area (Å²) in [4.78, 5) is 22.3. The lowest BCUT2D eigenvalue weighted by Gasteiger charge is -2.10. The molecule has 0 aromatic carbocycles. The van der Waals surface area contributed by atoms with Gasteiger partial charge in [-0.15, -0.1) is 0 Å². The van der Waals surface area contributed by atoms with Crippen molar-refractivity contribution in [3.63, 3.8) is 0 Å². The zero-order valence-corrected chi connectivity index (χ0v) is 8.64. The number of carbonyl (C=O) groups excluding carboxylic acids is 2. The van der Waals surface area contributed by atoms with E-state index in [0.717, 1.165) is 25.8 Å². The van der Waals surface area contributed by atoms with E-state index >= 15 is 0 Å². The fourth-order valence-electron chi connectivity index (χ4n) is 1.52. The summed E-state index contributed by atoms with van der Waals surface area (Å²) in [6, 6.07) is -0.288. The lowest BCUT2D eigenvalue weighted by molar-refractivity contribution is -0.125. The summed E-state index contributed by atoms with van der Waals surface area (Å²) < 4.78 is 0. The van der Waals surface area contributed by atoms with E-state index in [1.165, 1.54) is 0 Å². The predicted molar refractivity (Wildman–Crippen MR) is 53.7 cm³/mol. The summed E-state index contributed by atoms with van der Waals surface area (Å²) in [6.45, 7) is 2.85. The van der Waals surface area contributed by atoms with Gasteiger partial charge in [-0.25, -0.2) is 0 Å². The van der Waals surface area contributed by atoms with E-state index in [2.05, 4.69) is 17.6 Å². The Hall–Kier alpha value is -1.06. The van der Waals surface area contributed by atoms with Gasteiger partial charge in [-0.2, -0.15) is 0 Å². The molecule has 1 aliphatic rings. The molecule has 0 aliphatic carbocycles. The molecule has 14 heavy (non-hydrogen) atoms. The quantitative estimate of drug-likeness (QED) is 0.634. The van der Waals surface area contributed by atoms with Crippen LogP contribution in [0, 0.1) is 0 Å². The summed E-state index contributed by atoms with van der Waals surface area (Å²) in [7, 11) is 0. The number of hydrogen-bond acceptors (Lipinski definition) is 2. The Morgan fingerprint density at radius 3 is 2.93 bits per heavy atom. The summed E-state index contributed by atoms with van der Waals surface area (Å²) >= 11 is 0. The van der Waals surface area contributed by atoms with Crippen LogP contribution in [-0.4, -0.2) is 24.4 Å². The summed E-state index contributed by atoms with van der Waals surface area (Å²) in [6.07, 6.45) is 4.42. The molecule has 0 radical (unpaired) electrons. The highest BCUT2D eigenvalue weighted by Crippen LogP contribution is 2.06. The molecule has 0 spiro atoms. The van der Waals surface area contributed by atoms with Crippen molar-refractivity contribution < 1.29 is 9.59 Å². The predicted octanol–water partition coefficient (Wildman–Crippen LogP) is 0.571. The normalized spacial score (nSPS) is 20.6. The van der Waals surface area contributed by atoms with Gasteiger partial charge in [-0.3, -0.25) is 9.59 Å². The highest BCUT2D eigenvalue weighted by atomic mass is 16.2. The fourth-order valence-corrected chi connectivity index (χ4v) is 1.52. The highest BCUT2D eigenvalue weighted by Gasteiger charge is 2.26. The van der Waals surface area contributed by atoms with Gasteiger partial charge in [0, 0.05) is 13.0 Å². The zero-order chi connectivity index (χ0) is 10.4. The first-order valence-corrected chi connectivity index (χ1v) is 5.31. The molecule has 2 N–H and O–H groups in total. The van der Waals surface area contributed by atoms with Crippen molar-refractivity contribution in [3.05, 3.63) is 0 Å². The van der Waals surface area contributed by atoms with Gasteiger partial charge in [0.25, 0.3) is 0 Å². The molecule has 4 heteroatoms. The van der Waals surface area contributed by atoms with Gasteiger partial charge < -0.3 is 10.6 Å². The van der Waals surface area contributed by atoms with E-state index in [1.54, 1.807) is 0 Å². The summed E-state index contributed by atoms with van der Waals surface area (Å²) in [5.74, 6) is -0.0503. The molecule has 2 amide bonds. The maximum atomic E-state index is 11.4. The van der Waals surface area contributed by atoms with Crippen molar-refractivity contribution in [2.75, 3.05) is 6.54 Å². The summed E-state index contributed by atoms with van der Waals surface area (Å²) in [5.41, 5.74) is 0. The molecule has 1 atom stereocenters. The average molecular weight is 198 g/mol. The first-order valence-electron chi connectivity index (χ1n) is 5.31. The SMILES string of the molecule is CCCCCNC(=O)[C@@H]1CCC(=O)N1. The number of carbonyl (C=O) groups is 2. The van der Waals surface area contributed by atoms with E-state index in [1.807, 2.05) is 0 Å². The standard InChI is InChI=1S/C10H18N2O2/c1-2-3-4-7-11-10(14)8-5-6-9(13)12-8/h8H,2-7H2,1H3,(H,11,14)(H,12,13)/t8-/m0/s1. The van der Waals surface area contributed by atoms with E-state index in [-0.39, 0.29) is 17.9 Å². The van der Waals surface area contributed by atoms with E-state index in [9.17, 15) is 9.59 Å². The molecule has 80 valence electrons. The van der Waals surface area contributed by atoms with Crippen LogP contribution in [0.25, 0.3) is 0 Å². The lowest BCUT2D eigenvalue weighted by Crippen LogP contribution is -2.41. The Bertz CT molecular complexity index is 216. The molecule has 1 saturated heterocycles. The molecule has 0 aromatic rings. The van der Waals surface area contributed by atoms with E-state index in [4.69, 9.17) is 0 Å². The average Bonchev–Trinajstić information content (AvgIpc) is 2.59. The number of amides is 2. The van der Waals surface area contributed by atoms with Crippen LogP contribution in [0.1, 0.15) is 39.0 Å². The molecular formula is C10H18N2O2. The fraction of sp³-hybridized carbons (Fsp3) is 0.800. The van der Waals surface area contributed by atoms with Crippen molar-refractivity contribution in [1.29, 1.82) is 0 Å². The molecule has 1 fully saturated rings. The van der Waals surface area contributed by atoms with Gasteiger partial charge in [0.15, 0.2) is 0 Å². The van der Waals surface area contributed by atoms with Crippen LogP contribution in [0.2, 0.25) is 0 Å². The maximum Gasteiger partial charge on any atom is 0.242 e. The second-order valence-electron chi connectivity index (χ2n) is 3.66. The number of rotatable bonds is 5. The first kappa shape index (κ1) is 11.0. The van der Waals surface area contributed by atoms with Crippen molar-refractivity contribution in [3.8, 4) is 0 Å². The summed E-state index contributed by atoms with van der Waals surface area (Å²) in [5, 5.41) is 5.47. The Morgan fingerprint density at radius 1 is 1.57 bits per heavy atom. The minimum absolute atomic E-state index is 0.0151. The molecule has 1 heterocycles. The molecular weight excluding hydrogens is 180 g/mol. The largest absolute Gasteiger partial charge is 0.354 e. The van der Waals surface area contributed by atoms with Crippen LogP contribution >= 0.6 is 0 Å². The molecule has 0 saturated carbocycles. The molecule has 1 rings (SSSR count). The first-order chi connectivity index (χ1) is 6.74. The maximum absolute atomic E-state index is 11.4. The molecule has 4 nitrogen and oxygen atoms in total. The third-order valence-corrected chi connectivity index (χ3v) is 2.39. The van der Waals surface area contributed by atoms with Crippen LogP contribution in [-0.2, 0) is 9.59 Å². The third-order valence-electron chi connectivity index (χ3n) is 2.39. The third kappa shape index (κ3) is 3.36. The van der Waals surface area contributed by atoms with Gasteiger partial charge in [0.05, 0.1) is 0 Å². The molecule has 0 bridgehead atoms. The lowest BCUT2D eigenvalue weighted by atomic mass is 10.2. The van der Waals surface area contributed by atoms with E-state index in [0.29, 0.717) is 12.8 Å². The van der Waals surface area contributed by atoms with E-state index < -0.39 is 0 Å². The topological polar surface area (TPSA) is 58.2 Å². The van der Waals surface area contributed by atoms with Crippen LogP contribution < -0.4 is 10.6 Å². The van der Waals surface area contributed by atoms with Crippen molar-refractivity contribution in [2.24, 2.45) is 0 Å². The van der Waals surface area contributed by atoms with Crippen LogP contribution in [0.5, 0.6) is 0 Å². The Morgan fingerprint density at radius 2 is 2.36 bits per heavy atom. The highest BCUT2D eigenvalue weighted by molar-refractivity contribution is 5.90. The monoisotopic (exact) mass is 198 g/mol. The Balaban J connectivity index is 2.12. The van der Waals surface area contributed by atoms with Crippen molar-refractivity contribution in [1.82, 2.24) is 10.6 Å². The van der Waals surface area contributed by atoms with Crippen molar-refractivity contribution >= 4 is 11.8 Å². The van der Waals surface area contributed by atoms with Gasteiger partial charge in [-0.05, 0) is 12.8 Å². The van der Waals surface area contributed by atoms with Gasteiger partial charge >= 0.3 is 0 Å². The van der Waals surface area contributed by atoms with Crippen LogP contribution in [0.15, 0.2) is 0 Å². The number of nitrogens with one attached hydrogen (secondary N) is 2. The minimum Gasteiger partial charge on any atom is -0.354 e. The van der Waals surface area contributed by atoms with Gasteiger partial charge in [0.1, 0.15) is 6.04 Å². The zero-order valence-electron chi connectivity index (χ0n) is 8.64. The second-order valence-corrected chi connectivity index (χ2v) is 3.66. The Labute approximate surface area is 84.4 Å². The van der Waals surface area contributed by atoms with Crippen molar-refractivity contribution in [2.45, 2.75) is 45.1 Å². The van der Waals surface area contributed by atoms with Crippen LogP contribution in [0.3, 0.4) is 0 Å². The number of hydrogen-bond donors (Lipinski definition) is 2. The molecule has 1 aliphatic heterocycles. The van der Waals surface area contributed by atoms with Crippen LogP contribution in [0.4, 0.5) is 0 Å². The number of unbranched alkanes of at least 4 members (excludes halogenated alkanes) is 2. The van der Waals surface area contributed by atoms with Gasteiger partial charge in [0.2, 0.25) is 11.8 Å². The second kappa shape index (κ2) is 5.62. The Kier molecular flexibility index (Phi) is 4.43. The molecule has 0 unspecified atom stereocenters.